The van der Waals surface area contributed by atoms with Crippen LogP contribution in [-0.2, 0) is 9.36 Å². The third-order valence-corrected chi connectivity index (χ3v) is 5.55. The van der Waals surface area contributed by atoms with Crippen LogP contribution in [0, 0.1) is 0 Å². The van der Waals surface area contributed by atoms with E-state index < -0.39 is 25.3 Å². The predicted octanol–water partition coefficient (Wildman–Crippen LogP) is 4.53. The second-order valence-electron chi connectivity index (χ2n) is 7.02. The average Bonchev–Trinajstić information content (AvgIpc) is 2.49. The molecule has 0 rings (SSSR count). The van der Waals surface area contributed by atoms with Gasteiger partial charge in [-0.25, -0.2) is 4.79 Å². The van der Waals surface area contributed by atoms with Gasteiger partial charge in [0.15, 0.2) is 0 Å². The number of hydrogen-bond donors (Lipinski definition) is 4. The Hall–Kier alpha value is -1.20. The highest BCUT2D eigenvalue weighted by Gasteiger charge is 2.51. The van der Waals surface area contributed by atoms with Crippen molar-refractivity contribution in [3.8, 4) is 0 Å². The Bertz CT molecular complexity index is 595. The van der Waals surface area contributed by atoms with Crippen molar-refractivity contribution in [2.45, 2.75) is 78.0 Å². The van der Waals surface area contributed by atoms with Gasteiger partial charge in [0.25, 0.3) is 5.34 Å². The summed E-state index contributed by atoms with van der Waals surface area (Å²) in [4.78, 5) is 29.0. The molecule has 0 radical (unpaired) electrons. The lowest BCUT2D eigenvalue weighted by atomic mass is 10.0. The maximum Gasteiger partial charge on any atom is 0.368 e. The maximum atomic E-state index is 11.2. The summed E-state index contributed by atoms with van der Waals surface area (Å²) in [5, 5.41) is 15.6. The monoisotopic (exact) mass is 388 g/mol. The summed E-state index contributed by atoms with van der Waals surface area (Å²) in [5.74, 6) is -1.89. The summed E-state index contributed by atoms with van der Waals surface area (Å²) in [7, 11) is -5.13. The number of allylic oxidation sites excluding steroid dienone is 6. The van der Waals surface area contributed by atoms with E-state index in [2.05, 4.69) is 32.9 Å². The zero-order chi connectivity index (χ0) is 20.4. The van der Waals surface area contributed by atoms with Gasteiger partial charge in [-0.3, -0.25) is 4.57 Å². The molecule has 0 amide bonds. The Balaban J connectivity index is 4.32. The number of carboxylic acid groups (broad SMARTS) is 1. The second-order valence-corrected chi connectivity index (χ2v) is 8.85. The van der Waals surface area contributed by atoms with Crippen molar-refractivity contribution in [3.63, 3.8) is 0 Å². The first-order chi connectivity index (χ1) is 11.9. The molecule has 0 aromatic carbocycles. The number of aliphatic carboxylic acids is 1. The van der Waals surface area contributed by atoms with E-state index in [1.165, 1.54) is 11.1 Å². The predicted molar refractivity (Wildman–Crippen MR) is 104 cm³/mol. The SMILES string of the molecule is CC(C)=CCC/C(C)=C/CC/C(C)=C/CCCC(O)(C(=O)O)P(=O)(O)O. The molecule has 0 spiro atoms. The zero-order valence-corrected chi connectivity index (χ0v) is 17.1. The first-order valence-electron chi connectivity index (χ1n) is 8.86. The highest BCUT2D eigenvalue weighted by Crippen LogP contribution is 2.51. The Morgan fingerprint density at radius 2 is 1.38 bits per heavy atom. The van der Waals surface area contributed by atoms with Gasteiger partial charge in [0.1, 0.15) is 0 Å². The van der Waals surface area contributed by atoms with E-state index in [0.29, 0.717) is 6.42 Å². The van der Waals surface area contributed by atoms with Crippen LogP contribution in [0.25, 0.3) is 0 Å². The van der Waals surface area contributed by atoms with Crippen molar-refractivity contribution >= 4 is 13.6 Å². The molecule has 0 saturated heterocycles. The van der Waals surface area contributed by atoms with Crippen LogP contribution in [0.3, 0.4) is 0 Å². The number of aliphatic hydroxyl groups is 1. The van der Waals surface area contributed by atoms with Crippen molar-refractivity contribution in [2.75, 3.05) is 0 Å². The van der Waals surface area contributed by atoms with Gasteiger partial charge >= 0.3 is 13.6 Å². The van der Waals surface area contributed by atoms with Gasteiger partial charge in [0, 0.05) is 0 Å². The van der Waals surface area contributed by atoms with E-state index in [4.69, 9.17) is 14.9 Å². The summed E-state index contributed by atoms with van der Waals surface area (Å²) in [6.45, 7) is 8.26. The van der Waals surface area contributed by atoms with Gasteiger partial charge in [-0.05, 0) is 72.6 Å². The minimum Gasteiger partial charge on any atom is -0.479 e. The third-order valence-electron chi connectivity index (χ3n) is 4.17. The van der Waals surface area contributed by atoms with Gasteiger partial charge in [0.05, 0.1) is 0 Å². The Kier molecular flexibility index (Phi) is 11.0. The summed E-state index contributed by atoms with van der Waals surface area (Å²) in [6, 6.07) is 0. The largest absolute Gasteiger partial charge is 0.479 e. The van der Waals surface area contributed by atoms with E-state index in [1.54, 1.807) is 0 Å². The van der Waals surface area contributed by atoms with Crippen LogP contribution in [0.1, 0.15) is 72.6 Å². The molecule has 150 valence electrons. The molecule has 0 aromatic heterocycles. The Morgan fingerprint density at radius 1 is 0.923 bits per heavy atom. The highest BCUT2D eigenvalue weighted by atomic mass is 31.2. The van der Waals surface area contributed by atoms with E-state index >= 15 is 0 Å². The van der Waals surface area contributed by atoms with Crippen LogP contribution in [-0.4, -0.2) is 31.3 Å². The topological polar surface area (TPSA) is 115 Å². The molecule has 26 heavy (non-hydrogen) atoms. The molecule has 4 N–H and O–H groups in total. The number of carboxylic acids is 1. The first-order valence-corrected chi connectivity index (χ1v) is 10.5. The molecular formula is C19H33O6P. The summed E-state index contributed by atoms with van der Waals surface area (Å²) < 4.78 is 11.2. The number of rotatable bonds is 12. The highest BCUT2D eigenvalue weighted by molar-refractivity contribution is 7.54. The van der Waals surface area contributed by atoms with E-state index in [9.17, 15) is 14.5 Å². The van der Waals surface area contributed by atoms with Crippen molar-refractivity contribution < 1.29 is 29.4 Å². The molecule has 0 aliphatic carbocycles. The Morgan fingerprint density at radius 3 is 1.81 bits per heavy atom. The van der Waals surface area contributed by atoms with Crippen LogP contribution in [0.15, 0.2) is 34.9 Å². The molecule has 1 unspecified atom stereocenters. The van der Waals surface area contributed by atoms with Gasteiger partial charge in [-0.15, -0.1) is 0 Å². The Labute approximate surface area is 156 Å². The minimum absolute atomic E-state index is 0.183. The first kappa shape index (κ1) is 24.8. The minimum atomic E-state index is -5.13. The van der Waals surface area contributed by atoms with Crippen molar-refractivity contribution in [1.29, 1.82) is 0 Å². The van der Waals surface area contributed by atoms with Crippen LogP contribution in [0.5, 0.6) is 0 Å². The smallest absolute Gasteiger partial charge is 0.368 e. The fourth-order valence-corrected chi connectivity index (χ4v) is 3.11. The summed E-state index contributed by atoms with van der Waals surface area (Å²) >= 11 is 0. The maximum absolute atomic E-state index is 11.2. The fraction of sp³-hybridized carbons (Fsp3) is 0.632. The van der Waals surface area contributed by atoms with E-state index in [1.807, 2.05) is 13.0 Å². The molecule has 0 saturated carbocycles. The third kappa shape index (κ3) is 9.48. The zero-order valence-electron chi connectivity index (χ0n) is 16.2. The lowest BCUT2D eigenvalue weighted by Gasteiger charge is -2.23. The van der Waals surface area contributed by atoms with E-state index in [-0.39, 0.29) is 6.42 Å². The second kappa shape index (κ2) is 11.5. The van der Waals surface area contributed by atoms with E-state index in [0.717, 1.165) is 31.3 Å². The normalized spacial score (nSPS) is 15.5. The number of unbranched alkanes of at least 4 members (excludes halogenated alkanes) is 1. The van der Waals surface area contributed by atoms with Gasteiger partial charge < -0.3 is 20.0 Å². The lowest BCUT2D eigenvalue weighted by Crippen LogP contribution is -2.38. The molecule has 0 aromatic rings. The van der Waals surface area contributed by atoms with Crippen LogP contribution >= 0.6 is 7.60 Å². The van der Waals surface area contributed by atoms with Crippen molar-refractivity contribution in [2.24, 2.45) is 0 Å². The number of hydrogen-bond acceptors (Lipinski definition) is 3. The molecule has 0 aliphatic rings. The van der Waals surface area contributed by atoms with Crippen molar-refractivity contribution in [3.05, 3.63) is 34.9 Å². The molecular weight excluding hydrogens is 355 g/mol. The average molecular weight is 388 g/mol. The summed E-state index contributed by atoms with van der Waals surface area (Å²) in [6.07, 6.45) is 10.4. The molecule has 0 bridgehead atoms. The molecule has 7 heteroatoms. The molecule has 1 atom stereocenters. The van der Waals surface area contributed by atoms with Gasteiger partial charge in [0.2, 0.25) is 0 Å². The fourth-order valence-electron chi connectivity index (χ4n) is 2.41. The van der Waals surface area contributed by atoms with Gasteiger partial charge in [-0.1, -0.05) is 34.9 Å². The summed E-state index contributed by atoms with van der Waals surface area (Å²) in [5.41, 5.74) is 3.81. The number of carbonyl (C=O) groups is 1. The molecule has 0 aliphatic heterocycles. The van der Waals surface area contributed by atoms with Crippen LogP contribution < -0.4 is 0 Å². The molecule has 6 nitrogen and oxygen atoms in total. The van der Waals surface area contributed by atoms with Crippen molar-refractivity contribution in [1.82, 2.24) is 0 Å². The molecule has 0 heterocycles. The molecule has 0 fully saturated rings. The van der Waals surface area contributed by atoms with Crippen LogP contribution in [0.2, 0.25) is 0 Å². The quantitative estimate of drug-likeness (QED) is 0.222. The standard InChI is InChI=1S/C19H33O6P/c1-15(2)9-7-11-17(4)13-8-12-16(3)10-5-6-14-19(22,18(20)21)26(23,24)25/h9-10,13,22H,5-8,11-12,14H2,1-4H3,(H,20,21)(H2,23,24,25)/b16-10+,17-13+. The van der Waals surface area contributed by atoms with Gasteiger partial charge in [-0.2, -0.15) is 0 Å². The van der Waals surface area contributed by atoms with Crippen LogP contribution in [0.4, 0.5) is 0 Å². The lowest BCUT2D eigenvalue weighted by molar-refractivity contribution is -0.152.